The normalized spacial score (nSPS) is 43.4. The molecule has 0 nitrogen and oxygen atoms in total. The fourth-order valence-corrected chi connectivity index (χ4v) is 3.11. The first-order valence-corrected chi connectivity index (χ1v) is 5.91. The Morgan fingerprint density at radius 3 is 1.69 bits per heavy atom. The average molecular weight is 203 g/mol. The van der Waals surface area contributed by atoms with Crippen LogP contribution < -0.4 is 0 Å². The van der Waals surface area contributed by atoms with Gasteiger partial charge in [-0.2, -0.15) is 0 Å². The van der Waals surface area contributed by atoms with Gasteiger partial charge in [0.15, 0.2) is 0 Å². The number of alkyl halides is 1. The number of hydrogen-bond acceptors (Lipinski definition) is 0. The zero-order chi connectivity index (χ0) is 10.4. The molecule has 1 rings (SSSR count). The first-order chi connectivity index (χ1) is 5.83. The molecule has 13 heavy (non-hydrogen) atoms. The van der Waals surface area contributed by atoms with Crippen molar-refractivity contribution in [3.63, 3.8) is 0 Å². The van der Waals surface area contributed by atoms with Crippen molar-refractivity contribution in [1.82, 2.24) is 0 Å². The molecule has 0 aromatic rings. The van der Waals surface area contributed by atoms with Crippen molar-refractivity contribution in [2.75, 3.05) is 0 Å². The Hall–Kier alpha value is 0.290. The summed E-state index contributed by atoms with van der Waals surface area (Å²) in [7, 11) is 0. The summed E-state index contributed by atoms with van der Waals surface area (Å²) in [6.07, 6.45) is 0. The van der Waals surface area contributed by atoms with Gasteiger partial charge in [0.2, 0.25) is 0 Å². The van der Waals surface area contributed by atoms with Gasteiger partial charge in [-0.3, -0.25) is 0 Å². The first kappa shape index (κ1) is 11.4. The Balaban J connectivity index is 2.64. The van der Waals surface area contributed by atoms with E-state index >= 15 is 0 Å². The minimum absolute atomic E-state index is 0.345. The summed E-state index contributed by atoms with van der Waals surface area (Å²) < 4.78 is 0. The third-order valence-corrected chi connectivity index (χ3v) is 5.58. The van der Waals surface area contributed by atoms with Crippen LogP contribution >= 0.6 is 11.6 Å². The molecule has 0 amide bonds. The van der Waals surface area contributed by atoms with Crippen LogP contribution in [0.3, 0.4) is 0 Å². The molecule has 0 bridgehead atoms. The number of hydrogen-bond donors (Lipinski definition) is 0. The molecule has 0 aromatic carbocycles. The predicted molar refractivity (Wildman–Crippen MR) is 60.1 cm³/mol. The van der Waals surface area contributed by atoms with Crippen LogP contribution in [0.2, 0.25) is 0 Å². The highest BCUT2D eigenvalue weighted by Gasteiger charge is 2.60. The van der Waals surface area contributed by atoms with Crippen LogP contribution in [0.5, 0.6) is 0 Å². The summed E-state index contributed by atoms with van der Waals surface area (Å²) in [5, 5.41) is 0.345. The molecule has 1 fully saturated rings. The van der Waals surface area contributed by atoms with E-state index in [1.807, 2.05) is 0 Å². The molecule has 1 saturated carbocycles. The molecule has 0 spiro atoms. The molecule has 0 radical (unpaired) electrons. The summed E-state index contributed by atoms with van der Waals surface area (Å²) in [5.41, 5.74) is 0.394. The molecular weight excluding hydrogens is 180 g/mol. The van der Waals surface area contributed by atoms with E-state index in [1.54, 1.807) is 0 Å². The second-order valence-corrected chi connectivity index (χ2v) is 5.92. The maximum absolute atomic E-state index is 6.55. The molecule has 78 valence electrons. The molecule has 0 aromatic heterocycles. The minimum Gasteiger partial charge on any atom is -0.122 e. The Bertz CT molecular complexity index is 178. The summed E-state index contributed by atoms with van der Waals surface area (Å²) in [6.45, 7) is 13.8. The lowest BCUT2D eigenvalue weighted by Gasteiger charge is -2.28. The molecule has 0 heterocycles. The second kappa shape index (κ2) is 3.46. The zero-order valence-corrected chi connectivity index (χ0v) is 10.5. The molecule has 1 aliphatic rings. The lowest BCUT2D eigenvalue weighted by Crippen LogP contribution is -2.27. The third kappa shape index (κ3) is 1.63. The Morgan fingerprint density at radius 1 is 1.08 bits per heavy atom. The van der Waals surface area contributed by atoms with Gasteiger partial charge in [0.25, 0.3) is 0 Å². The van der Waals surface area contributed by atoms with Crippen LogP contribution in [0.4, 0.5) is 0 Å². The van der Waals surface area contributed by atoms with Crippen LogP contribution in [-0.4, -0.2) is 5.38 Å². The Morgan fingerprint density at radius 2 is 1.46 bits per heavy atom. The highest BCUT2D eigenvalue weighted by molar-refractivity contribution is 6.21. The summed E-state index contributed by atoms with van der Waals surface area (Å²) in [4.78, 5) is 0. The molecule has 1 aliphatic carbocycles. The molecule has 0 saturated heterocycles. The summed E-state index contributed by atoms with van der Waals surface area (Å²) in [6, 6.07) is 0. The fourth-order valence-electron chi connectivity index (χ4n) is 2.42. The molecule has 4 unspecified atom stereocenters. The molecule has 1 heteroatoms. The monoisotopic (exact) mass is 202 g/mol. The molecular formula is C12H23Cl. The number of rotatable bonds is 3. The van der Waals surface area contributed by atoms with Crippen molar-refractivity contribution >= 4 is 11.6 Å². The van der Waals surface area contributed by atoms with E-state index in [9.17, 15) is 0 Å². The van der Waals surface area contributed by atoms with Gasteiger partial charge in [0.05, 0.1) is 0 Å². The van der Waals surface area contributed by atoms with Crippen molar-refractivity contribution in [2.45, 2.75) is 46.9 Å². The van der Waals surface area contributed by atoms with Gasteiger partial charge in [-0.1, -0.05) is 41.5 Å². The van der Waals surface area contributed by atoms with Gasteiger partial charge < -0.3 is 0 Å². The fraction of sp³-hybridized carbons (Fsp3) is 1.00. The van der Waals surface area contributed by atoms with E-state index in [0.717, 1.165) is 11.8 Å². The van der Waals surface area contributed by atoms with Crippen LogP contribution in [0.15, 0.2) is 0 Å². The van der Waals surface area contributed by atoms with Gasteiger partial charge in [0, 0.05) is 5.38 Å². The predicted octanol–water partition coefficient (Wildman–Crippen LogP) is 4.18. The van der Waals surface area contributed by atoms with Crippen molar-refractivity contribution in [3.8, 4) is 0 Å². The van der Waals surface area contributed by atoms with Crippen LogP contribution in [0.25, 0.3) is 0 Å². The SMILES string of the molecule is CC(C)C(C)C(Cl)C1(C)C(C)C1C. The van der Waals surface area contributed by atoms with Gasteiger partial charge in [0.1, 0.15) is 0 Å². The maximum atomic E-state index is 6.55. The van der Waals surface area contributed by atoms with Crippen molar-refractivity contribution in [2.24, 2.45) is 29.1 Å². The highest BCUT2D eigenvalue weighted by Crippen LogP contribution is 2.63. The van der Waals surface area contributed by atoms with Crippen LogP contribution in [0, 0.1) is 29.1 Å². The lowest BCUT2D eigenvalue weighted by molar-refractivity contribution is 0.305. The molecule has 0 N–H and O–H groups in total. The third-order valence-electron chi connectivity index (χ3n) is 4.71. The van der Waals surface area contributed by atoms with Crippen LogP contribution in [0.1, 0.15) is 41.5 Å². The second-order valence-electron chi connectivity index (χ2n) is 5.45. The van der Waals surface area contributed by atoms with Gasteiger partial charge in [-0.25, -0.2) is 0 Å². The maximum Gasteiger partial charge on any atom is 0.0423 e. The topological polar surface area (TPSA) is 0 Å². The van der Waals surface area contributed by atoms with Crippen molar-refractivity contribution in [3.05, 3.63) is 0 Å². The molecule has 0 aliphatic heterocycles. The van der Waals surface area contributed by atoms with E-state index in [0.29, 0.717) is 22.6 Å². The van der Waals surface area contributed by atoms with Crippen molar-refractivity contribution < 1.29 is 0 Å². The zero-order valence-electron chi connectivity index (χ0n) is 9.76. The van der Waals surface area contributed by atoms with Gasteiger partial charge in [-0.15, -0.1) is 11.6 Å². The average Bonchev–Trinajstić information content (AvgIpc) is 2.55. The van der Waals surface area contributed by atoms with E-state index in [-0.39, 0.29) is 0 Å². The van der Waals surface area contributed by atoms with E-state index in [2.05, 4.69) is 41.5 Å². The summed E-state index contributed by atoms with van der Waals surface area (Å²) >= 11 is 6.55. The smallest absolute Gasteiger partial charge is 0.0423 e. The Labute approximate surface area is 88.1 Å². The van der Waals surface area contributed by atoms with E-state index in [1.165, 1.54) is 0 Å². The largest absolute Gasteiger partial charge is 0.122 e. The minimum atomic E-state index is 0.345. The van der Waals surface area contributed by atoms with Gasteiger partial charge >= 0.3 is 0 Å². The standard InChI is InChI=1S/C12H23Cl/c1-7(2)8(3)11(13)12(6)9(4)10(12)5/h7-11H,1-6H3. The van der Waals surface area contributed by atoms with Crippen molar-refractivity contribution in [1.29, 1.82) is 0 Å². The Kier molecular flexibility index (Phi) is 3.02. The van der Waals surface area contributed by atoms with E-state index in [4.69, 9.17) is 11.6 Å². The lowest BCUT2D eigenvalue weighted by atomic mass is 9.84. The summed E-state index contributed by atoms with van der Waals surface area (Å²) in [5.74, 6) is 2.92. The van der Waals surface area contributed by atoms with E-state index < -0.39 is 0 Å². The molecule has 4 atom stereocenters. The highest BCUT2D eigenvalue weighted by atomic mass is 35.5. The quantitative estimate of drug-likeness (QED) is 0.603. The number of halogens is 1. The van der Waals surface area contributed by atoms with Gasteiger partial charge in [-0.05, 0) is 29.1 Å². The first-order valence-electron chi connectivity index (χ1n) is 5.47. The van der Waals surface area contributed by atoms with Crippen LogP contribution in [-0.2, 0) is 0 Å².